The Morgan fingerprint density at radius 2 is 1.40 bits per heavy atom. The first-order valence-corrected chi connectivity index (χ1v) is 7.15. The smallest absolute Gasteiger partial charge is 0.0218 e. The fourth-order valence-corrected chi connectivity index (χ4v) is 2.73. The normalized spacial score (nSPS) is 11.2. The van der Waals surface area contributed by atoms with Gasteiger partial charge in [0.2, 0.25) is 0 Å². The van der Waals surface area contributed by atoms with Gasteiger partial charge in [-0.3, -0.25) is 0 Å². The van der Waals surface area contributed by atoms with Crippen LogP contribution in [0.15, 0.2) is 54.6 Å². The van der Waals surface area contributed by atoms with Gasteiger partial charge < -0.3 is 10.6 Å². The molecule has 2 nitrogen and oxygen atoms in total. The Morgan fingerprint density at radius 3 is 2.00 bits per heavy atom. The molecule has 3 aromatic rings. The zero-order valence-electron chi connectivity index (χ0n) is 11.8. The van der Waals surface area contributed by atoms with Crippen LogP contribution in [0.3, 0.4) is 0 Å². The van der Waals surface area contributed by atoms with Crippen molar-refractivity contribution in [2.75, 3.05) is 20.1 Å². The second kappa shape index (κ2) is 6.04. The lowest BCUT2D eigenvalue weighted by molar-refractivity contribution is 0.654. The fraction of sp³-hybridized carbons (Fsp3) is 0.222. The zero-order chi connectivity index (χ0) is 13.8. The Morgan fingerprint density at radius 1 is 0.800 bits per heavy atom. The van der Waals surface area contributed by atoms with Crippen LogP contribution in [0, 0.1) is 0 Å². The average molecular weight is 264 g/mol. The summed E-state index contributed by atoms with van der Waals surface area (Å²) in [5, 5.41) is 12.0. The average Bonchev–Trinajstić information content (AvgIpc) is 2.50. The van der Waals surface area contributed by atoms with Crippen LogP contribution in [0.4, 0.5) is 0 Å². The van der Waals surface area contributed by atoms with E-state index in [1.54, 1.807) is 0 Å². The quantitative estimate of drug-likeness (QED) is 0.546. The number of hydrogen-bond donors (Lipinski definition) is 2. The van der Waals surface area contributed by atoms with Gasteiger partial charge in [-0.15, -0.1) is 0 Å². The van der Waals surface area contributed by atoms with Gasteiger partial charge in [-0.1, -0.05) is 48.5 Å². The first-order chi connectivity index (χ1) is 9.90. The van der Waals surface area contributed by atoms with Crippen molar-refractivity contribution in [1.29, 1.82) is 0 Å². The van der Waals surface area contributed by atoms with Gasteiger partial charge in [-0.05, 0) is 40.2 Å². The Kier molecular flexibility index (Phi) is 3.95. The van der Waals surface area contributed by atoms with E-state index in [2.05, 4.69) is 65.2 Å². The molecular weight excluding hydrogens is 244 g/mol. The van der Waals surface area contributed by atoms with Gasteiger partial charge in [-0.25, -0.2) is 0 Å². The molecule has 0 saturated carbocycles. The van der Waals surface area contributed by atoms with Crippen LogP contribution in [-0.2, 0) is 6.54 Å². The maximum atomic E-state index is 3.52. The van der Waals surface area contributed by atoms with Crippen LogP contribution in [0.25, 0.3) is 21.5 Å². The number of rotatable bonds is 5. The summed E-state index contributed by atoms with van der Waals surface area (Å²) in [6.07, 6.45) is 0. The molecule has 0 aliphatic carbocycles. The third-order valence-electron chi connectivity index (χ3n) is 3.74. The molecule has 0 aliphatic rings. The van der Waals surface area contributed by atoms with E-state index < -0.39 is 0 Å². The van der Waals surface area contributed by atoms with Gasteiger partial charge in [0.1, 0.15) is 0 Å². The molecule has 0 fully saturated rings. The molecule has 0 radical (unpaired) electrons. The maximum Gasteiger partial charge on any atom is 0.0218 e. The van der Waals surface area contributed by atoms with E-state index >= 15 is 0 Å². The predicted octanol–water partition coefficient (Wildman–Crippen LogP) is 3.30. The standard InChI is InChI=1S/C18H20N2/c1-19-10-11-20-13-18-16-8-4-2-6-14(16)12-15-7-3-5-9-17(15)18/h2-9,12,19-20H,10-11,13H2,1H3. The minimum Gasteiger partial charge on any atom is -0.318 e. The highest BCUT2D eigenvalue weighted by Gasteiger charge is 2.06. The highest BCUT2D eigenvalue weighted by Crippen LogP contribution is 2.28. The fourth-order valence-electron chi connectivity index (χ4n) is 2.73. The number of hydrogen-bond acceptors (Lipinski definition) is 2. The topological polar surface area (TPSA) is 24.1 Å². The summed E-state index contributed by atoms with van der Waals surface area (Å²) in [6.45, 7) is 2.88. The van der Waals surface area contributed by atoms with Gasteiger partial charge in [0, 0.05) is 19.6 Å². The number of nitrogens with one attached hydrogen (secondary N) is 2. The molecule has 0 amide bonds. The lowest BCUT2D eigenvalue weighted by Gasteiger charge is -2.12. The molecule has 3 rings (SSSR count). The molecule has 0 aromatic heterocycles. The molecule has 3 aromatic carbocycles. The van der Waals surface area contributed by atoms with E-state index in [1.807, 2.05) is 7.05 Å². The first kappa shape index (κ1) is 13.1. The molecule has 102 valence electrons. The van der Waals surface area contributed by atoms with Gasteiger partial charge in [0.15, 0.2) is 0 Å². The molecule has 0 atom stereocenters. The Hall–Kier alpha value is -1.90. The highest BCUT2D eigenvalue weighted by atomic mass is 14.9. The summed E-state index contributed by atoms with van der Waals surface area (Å²) in [5.41, 5.74) is 1.40. The van der Waals surface area contributed by atoms with E-state index in [9.17, 15) is 0 Å². The number of benzene rings is 3. The van der Waals surface area contributed by atoms with E-state index in [0.29, 0.717) is 0 Å². The van der Waals surface area contributed by atoms with Gasteiger partial charge in [-0.2, -0.15) is 0 Å². The Bertz CT molecular complexity index is 665. The summed E-state index contributed by atoms with van der Waals surface area (Å²) < 4.78 is 0. The van der Waals surface area contributed by atoms with Crippen LogP contribution in [-0.4, -0.2) is 20.1 Å². The lowest BCUT2D eigenvalue weighted by atomic mass is 9.97. The second-order valence-electron chi connectivity index (χ2n) is 5.08. The van der Waals surface area contributed by atoms with Crippen molar-refractivity contribution in [2.45, 2.75) is 6.54 Å². The molecule has 20 heavy (non-hydrogen) atoms. The van der Waals surface area contributed by atoms with Crippen molar-refractivity contribution in [3.05, 3.63) is 60.2 Å². The Labute approximate surface area is 119 Å². The second-order valence-corrected chi connectivity index (χ2v) is 5.08. The third-order valence-corrected chi connectivity index (χ3v) is 3.74. The molecule has 0 saturated heterocycles. The van der Waals surface area contributed by atoms with Gasteiger partial charge in [0.25, 0.3) is 0 Å². The van der Waals surface area contributed by atoms with Crippen LogP contribution < -0.4 is 10.6 Å². The van der Waals surface area contributed by atoms with Crippen molar-refractivity contribution in [3.8, 4) is 0 Å². The predicted molar refractivity (Wildman–Crippen MR) is 87.1 cm³/mol. The summed E-state index contributed by atoms with van der Waals surface area (Å²) in [6, 6.07) is 19.6. The number of fused-ring (bicyclic) bond motifs is 2. The van der Waals surface area contributed by atoms with Crippen LogP contribution in [0.2, 0.25) is 0 Å². The lowest BCUT2D eigenvalue weighted by Crippen LogP contribution is -2.24. The molecule has 0 heterocycles. The van der Waals surface area contributed by atoms with E-state index in [4.69, 9.17) is 0 Å². The van der Waals surface area contributed by atoms with Crippen molar-refractivity contribution in [1.82, 2.24) is 10.6 Å². The van der Waals surface area contributed by atoms with E-state index in [0.717, 1.165) is 19.6 Å². The van der Waals surface area contributed by atoms with Crippen molar-refractivity contribution in [2.24, 2.45) is 0 Å². The zero-order valence-corrected chi connectivity index (χ0v) is 11.8. The van der Waals surface area contributed by atoms with Crippen LogP contribution >= 0.6 is 0 Å². The van der Waals surface area contributed by atoms with Crippen molar-refractivity contribution in [3.63, 3.8) is 0 Å². The maximum absolute atomic E-state index is 3.52. The monoisotopic (exact) mass is 264 g/mol. The Balaban J connectivity index is 2.08. The van der Waals surface area contributed by atoms with Crippen molar-refractivity contribution >= 4 is 21.5 Å². The summed E-state index contributed by atoms with van der Waals surface area (Å²) in [7, 11) is 1.98. The molecule has 0 bridgehead atoms. The van der Waals surface area contributed by atoms with Gasteiger partial charge >= 0.3 is 0 Å². The molecule has 2 heteroatoms. The van der Waals surface area contributed by atoms with Crippen LogP contribution in [0.1, 0.15) is 5.56 Å². The molecular formula is C18H20N2. The summed E-state index contributed by atoms with van der Waals surface area (Å²) in [4.78, 5) is 0. The van der Waals surface area contributed by atoms with Crippen LogP contribution in [0.5, 0.6) is 0 Å². The SMILES string of the molecule is CNCCNCc1c2ccccc2cc2ccccc12. The summed E-state index contributed by atoms with van der Waals surface area (Å²) in [5.74, 6) is 0. The third kappa shape index (κ3) is 2.53. The summed E-state index contributed by atoms with van der Waals surface area (Å²) >= 11 is 0. The highest BCUT2D eigenvalue weighted by molar-refractivity contribution is 6.02. The number of likely N-dealkylation sites (N-methyl/N-ethyl adjacent to an activating group) is 1. The first-order valence-electron chi connectivity index (χ1n) is 7.15. The molecule has 2 N–H and O–H groups in total. The van der Waals surface area contributed by atoms with E-state index in [1.165, 1.54) is 27.1 Å². The minimum absolute atomic E-state index is 0.906. The minimum atomic E-state index is 0.906. The largest absolute Gasteiger partial charge is 0.318 e. The molecule has 0 spiro atoms. The molecule has 0 aliphatic heterocycles. The van der Waals surface area contributed by atoms with Gasteiger partial charge in [0.05, 0.1) is 0 Å². The van der Waals surface area contributed by atoms with E-state index in [-0.39, 0.29) is 0 Å². The molecule has 0 unspecified atom stereocenters. The van der Waals surface area contributed by atoms with Crippen molar-refractivity contribution < 1.29 is 0 Å².